The average molecular weight is 249 g/mol. The highest BCUT2D eigenvalue weighted by Gasteiger charge is 2.24. The molecule has 2 aliphatic heterocycles. The molecule has 0 radical (unpaired) electrons. The molecule has 5 nitrogen and oxygen atoms in total. The van der Waals surface area contributed by atoms with Gasteiger partial charge in [-0.3, -0.25) is 4.90 Å². The van der Waals surface area contributed by atoms with Crippen molar-refractivity contribution in [3.05, 3.63) is 11.6 Å². The van der Waals surface area contributed by atoms with Crippen LogP contribution in [-0.2, 0) is 13.0 Å². The minimum atomic E-state index is 0.395. The molecule has 0 amide bonds. The highest BCUT2D eigenvalue weighted by molar-refractivity contribution is 5.02. The predicted octanol–water partition coefficient (Wildman–Crippen LogP) is 0.971. The quantitative estimate of drug-likeness (QED) is 0.848. The first-order valence-electron chi connectivity index (χ1n) is 7.23. The van der Waals surface area contributed by atoms with Crippen molar-refractivity contribution < 1.29 is 0 Å². The molecule has 100 valence electrons. The summed E-state index contributed by atoms with van der Waals surface area (Å²) in [5.41, 5.74) is 0. The minimum absolute atomic E-state index is 0.395. The van der Waals surface area contributed by atoms with Crippen LogP contribution in [0.4, 0.5) is 0 Å². The van der Waals surface area contributed by atoms with Gasteiger partial charge in [0.2, 0.25) is 0 Å². The zero-order valence-electron chi connectivity index (χ0n) is 11.2. The van der Waals surface area contributed by atoms with E-state index in [0.717, 1.165) is 39.1 Å². The van der Waals surface area contributed by atoms with Crippen LogP contribution in [0.3, 0.4) is 0 Å². The molecular weight excluding hydrogens is 226 g/mol. The summed E-state index contributed by atoms with van der Waals surface area (Å²) in [6, 6.07) is 0.395. The lowest BCUT2D eigenvalue weighted by atomic mass is 10.2. The van der Waals surface area contributed by atoms with Crippen molar-refractivity contribution in [3.8, 4) is 0 Å². The molecule has 0 aliphatic carbocycles. The summed E-state index contributed by atoms with van der Waals surface area (Å²) in [6.45, 7) is 7.78. The first-order valence-corrected chi connectivity index (χ1v) is 7.23. The first-order chi connectivity index (χ1) is 8.86. The minimum Gasteiger partial charge on any atom is -0.314 e. The molecule has 0 bridgehead atoms. The van der Waals surface area contributed by atoms with Gasteiger partial charge in [0.15, 0.2) is 0 Å². The molecule has 1 saturated heterocycles. The number of aryl methyl sites for hydroxylation is 1. The van der Waals surface area contributed by atoms with Gasteiger partial charge in [-0.15, -0.1) is 10.2 Å². The van der Waals surface area contributed by atoms with E-state index in [1.807, 2.05) is 0 Å². The van der Waals surface area contributed by atoms with Crippen LogP contribution in [0, 0.1) is 0 Å². The van der Waals surface area contributed by atoms with Crippen molar-refractivity contribution in [3.63, 3.8) is 0 Å². The van der Waals surface area contributed by atoms with E-state index in [0.29, 0.717) is 6.04 Å². The van der Waals surface area contributed by atoms with Gasteiger partial charge in [-0.05, 0) is 19.8 Å². The fourth-order valence-corrected chi connectivity index (χ4v) is 3.05. The first kappa shape index (κ1) is 12.1. The molecule has 1 N–H and O–H groups in total. The Labute approximate surface area is 109 Å². The Bertz CT molecular complexity index is 394. The summed E-state index contributed by atoms with van der Waals surface area (Å²) < 4.78 is 2.37. The fourth-order valence-electron chi connectivity index (χ4n) is 3.05. The third-order valence-corrected chi connectivity index (χ3v) is 4.21. The molecule has 0 aromatic carbocycles. The normalized spacial score (nSPS) is 23.4. The van der Waals surface area contributed by atoms with E-state index < -0.39 is 0 Å². The number of fused-ring (bicyclic) bond motifs is 1. The van der Waals surface area contributed by atoms with E-state index in [9.17, 15) is 0 Å². The van der Waals surface area contributed by atoms with E-state index in [4.69, 9.17) is 0 Å². The summed E-state index contributed by atoms with van der Waals surface area (Å²) in [5, 5.41) is 12.3. The molecule has 1 atom stereocenters. The number of nitrogens with one attached hydrogen (secondary N) is 1. The lowest BCUT2D eigenvalue weighted by molar-refractivity contribution is 0.175. The van der Waals surface area contributed by atoms with Gasteiger partial charge in [-0.2, -0.15) is 0 Å². The lowest BCUT2D eigenvalue weighted by Crippen LogP contribution is -2.45. The molecule has 2 aliphatic rings. The Morgan fingerprint density at radius 2 is 1.89 bits per heavy atom. The molecule has 0 saturated carbocycles. The van der Waals surface area contributed by atoms with Crippen LogP contribution in [0.25, 0.3) is 0 Å². The predicted molar refractivity (Wildman–Crippen MR) is 70.4 cm³/mol. The summed E-state index contributed by atoms with van der Waals surface area (Å²) in [7, 11) is 0. The second-order valence-corrected chi connectivity index (χ2v) is 5.40. The number of nitrogens with zero attached hydrogens (tertiary/aromatic N) is 4. The molecule has 1 aromatic rings. The zero-order chi connectivity index (χ0) is 12.4. The Balaban J connectivity index is 1.80. The maximum Gasteiger partial charge on any atom is 0.150 e. The molecular formula is C13H23N5. The molecule has 1 aromatic heterocycles. The SMILES string of the molecule is CC(c1nnc2n1CCCCC2)N1CCNCC1. The second-order valence-electron chi connectivity index (χ2n) is 5.40. The average Bonchev–Trinajstić information content (AvgIpc) is 2.68. The summed E-state index contributed by atoms with van der Waals surface area (Å²) >= 11 is 0. The van der Waals surface area contributed by atoms with Crippen molar-refractivity contribution in [2.45, 2.75) is 45.2 Å². The van der Waals surface area contributed by atoms with Crippen molar-refractivity contribution in [1.82, 2.24) is 25.0 Å². The van der Waals surface area contributed by atoms with E-state index in [1.165, 1.54) is 30.9 Å². The maximum absolute atomic E-state index is 4.47. The topological polar surface area (TPSA) is 46.0 Å². The fraction of sp³-hybridized carbons (Fsp3) is 0.846. The van der Waals surface area contributed by atoms with Crippen molar-refractivity contribution >= 4 is 0 Å². The number of rotatable bonds is 2. The van der Waals surface area contributed by atoms with Crippen molar-refractivity contribution in [2.24, 2.45) is 0 Å². The lowest BCUT2D eigenvalue weighted by Gasteiger charge is -2.32. The van der Waals surface area contributed by atoms with E-state index in [1.54, 1.807) is 0 Å². The number of hydrogen-bond donors (Lipinski definition) is 1. The van der Waals surface area contributed by atoms with Crippen LogP contribution < -0.4 is 5.32 Å². The van der Waals surface area contributed by atoms with E-state index >= 15 is 0 Å². The molecule has 5 heteroatoms. The van der Waals surface area contributed by atoms with Crippen LogP contribution >= 0.6 is 0 Å². The Morgan fingerprint density at radius 1 is 1.06 bits per heavy atom. The summed E-state index contributed by atoms with van der Waals surface area (Å²) in [5.74, 6) is 2.37. The van der Waals surface area contributed by atoms with Gasteiger partial charge in [0.25, 0.3) is 0 Å². The van der Waals surface area contributed by atoms with Crippen LogP contribution in [-0.4, -0.2) is 45.8 Å². The van der Waals surface area contributed by atoms with Gasteiger partial charge >= 0.3 is 0 Å². The molecule has 3 rings (SSSR count). The molecule has 18 heavy (non-hydrogen) atoms. The van der Waals surface area contributed by atoms with Crippen molar-refractivity contribution in [2.75, 3.05) is 26.2 Å². The Morgan fingerprint density at radius 3 is 2.72 bits per heavy atom. The van der Waals surface area contributed by atoms with Crippen LogP contribution in [0.1, 0.15) is 43.9 Å². The van der Waals surface area contributed by atoms with Crippen LogP contribution in [0.15, 0.2) is 0 Å². The van der Waals surface area contributed by atoms with Gasteiger partial charge in [0, 0.05) is 39.1 Å². The van der Waals surface area contributed by atoms with Gasteiger partial charge in [-0.1, -0.05) is 6.42 Å². The Kier molecular flexibility index (Phi) is 3.61. The van der Waals surface area contributed by atoms with Crippen LogP contribution in [0.2, 0.25) is 0 Å². The molecule has 3 heterocycles. The highest BCUT2D eigenvalue weighted by Crippen LogP contribution is 2.22. The number of piperazine rings is 1. The van der Waals surface area contributed by atoms with E-state index in [-0.39, 0.29) is 0 Å². The van der Waals surface area contributed by atoms with Gasteiger partial charge in [0.05, 0.1) is 6.04 Å². The highest BCUT2D eigenvalue weighted by atomic mass is 15.3. The third-order valence-electron chi connectivity index (χ3n) is 4.21. The maximum atomic E-state index is 4.47. The molecule has 0 spiro atoms. The largest absolute Gasteiger partial charge is 0.314 e. The van der Waals surface area contributed by atoms with Gasteiger partial charge in [-0.25, -0.2) is 0 Å². The van der Waals surface area contributed by atoms with Crippen molar-refractivity contribution in [1.29, 1.82) is 0 Å². The summed E-state index contributed by atoms with van der Waals surface area (Å²) in [6.07, 6.45) is 4.96. The Hall–Kier alpha value is -0.940. The standard InChI is InChI=1S/C13H23N5/c1-11(17-9-6-14-7-10-17)13-16-15-12-5-3-2-4-8-18(12)13/h11,14H,2-10H2,1H3. The smallest absolute Gasteiger partial charge is 0.150 e. The molecule has 1 fully saturated rings. The molecule has 1 unspecified atom stereocenters. The monoisotopic (exact) mass is 249 g/mol. The van der Waals surface area contributed by atoms with Gasteiger partial charge < -0.3 is 9.88 Å². The third kappa shape index (κ3) is 2.29. The second kappa shape index (κ2) is 5.36. The van der Waals surface area contributed by atoms with Crippen LogP contribution in [0.5, 0.6) is 0 Å². The van der Waals surface area contributed by atoms with E-state index in [2.05, 4.69) is 31.9 Å². The zero-order valence-corrected chi connectivity index (χ0v) is 11.2. The van der Waals surface area contributed by atoms with Gasteiger partial charge in [0.1, 0.15) is 11.6 Å². The number of aromatic nitrogens is 3. The number of hydrogen-bond acceptors (Lipinski definition) is 4. The summed E-state index contributed by atoms with van der Waals surface area (Å²) in [4.78, 5) is 2.51.